The largest absolute Gasteiger partial charge is 0.314 e. The Morgan fingerprint density at radius 1 is 1.07 bits per heavy atom. The first-order valence-electron chi connectivity index (χ1n) is 6.78. The Bertz CT molecular complexity index is 211. The third-order valence-electron chi connectivity index (χ3n) is 5.00. The molecule has 86 valence electrons. The summed E-state index contributed by atoms with van der Waals surface area (Å²) in [5, 5.41) is 3.75. The Kier molecular flexibility index (Phi) is 2.73. The van der Waals surface area contributed by atoms with Crippen LogP contribution >= 0.6 is 0 Å². The van der Waals surface area contributed by atoms with E-state index in [4.69, 9.17) is 0 Å². The second-order valence-corrected chi connectivity index (χ2v) is 5.92. The minimum atomic E-state index is 0.877. The summed E-state index contributed by atoms with van der Waals surface area (Å²) in [6.07, 6.45) is 10.1. The van der Waals surface area contributed by atoms with Crippen LogP contribution in [0, 0.1) is 5.92 Å². The molecule has 1 saturated carbocycles. The Morgan fingerprint density at radius 2 is 1.73 bits per heavy atom. The first kappa shape index (κ1) is 10.1. The van der Waals surface area contributed by atoms with Crippen molar-refractivity contribution in [2.24, 2.45) is 5.92 Å². The van der Waals surface area contributed by atoms with Gasteiger partial charge in [0.15, 0.2) is 0 Å². The lowest BCUT2D eigenvalue weighted by Gasteiger charge is -2.37. The molecule has 2 saturated heterocycles. The van der Waals surface area contributed by atoms with E-state index in [-0.39, 0.29) is 0 Å². The molecule has 0 spiro atoms. The number of hydrogen-bond acceptors (Lipinski definition) is 2. The Morgan fingerprint density at radius 3 is 2.27 bits per heavy atom. The topological polar surface area (TPSA) is 15.3 Å². The molecular weight excluding hydrogens is 184 g/mol. The normalized spacial score (nSPS) is 41.8. The van der Waals surface area contributed by atoms with Gasteiger partial charge in [-0.05, 0) is 58.0 Å². The summed E-state index contributed by atoms with van der Waals surface area (Å²) in [7, 11) is 2.33. The van der Waals surface area contributed by atoms with Crippen LogP contribution in [0.2, 0.25) is 0 Å². The summed E-state index contributed by atoms with van der Waals surface area (Å²) < 4.78 is 0. The fourth-order valence-corrected chi connectivity index (χ4v) is 3.64. The van der Waals surface area contributed by atoms with Gasteiger partial charge in [-0.2, -0.15) is 0 Å². The molecule has 2 aliphatic heterocycles. The van der Waals surface area contributed by atoms with Crippen molar-refractivity contribution < 1.29 is 0 Å². The fourth-order valence-electron chi connectivity index (χ4n) is 3.64. The van der Waals surface area contributed by atoms with Crippen LogP contribution in [0.5, 0.6) is 0 Å². The van der Waals surface area contributed by atoms with Gasteiger partial charge in [0.2, 0.25) is 0 Å². The van der Waals surface area contributed by atoms with Gasteiger partial charge in [0.1, 0.15) is 0 Å². The zero-order valence-electron chi connectivity index (χ0n) is 9.91. The fraction of sp³-hybridized carbons (Fsp3) is 1.00. The average Bonchev–Trinajstić information content (AvgIpc) is 2.40. The van der Waals surface area contributed by atoms with Crippen LogP contribution in [0.25, 0.3) is 0 Å². The summed E-state index contributed by atoms with van der Waals surface area (Å²) in [6.45, 7) is 1.30. The number of nitrogens with one attached hydrogen (secondary N) is 1. The highest BCUT2D eigenvalue weighted by Crippen LogP contribution is 2.37. The van der Waals surface area contributed by atoms with Crippen molar-refractivity contribution in [2.75, 3.05) is 13.6 Å². The molecule has 15 heavy (non-hydrogen) atoms. The molecule has 0 aromatic rings. The highest BCUT2D eigenvalue weighted by molar-refractivity contribution is 4.94. The Hall–Kier alpha value is -0.0800. The maximum atomic E-state index is 3.75. The molecule has 2 heteroatoms. The molecule has 1 aliphatic carbocycles. The lowest BCUT2D eigenvalue weighted by molar-refractivity contribution is 0.128. The van der Waals surface area contributed by atoms with Crippen LogP contribution in [0.4, 0.5) is 0 Å². The summed E-state index contributed by atoms with van der Waals surface area (Å²) in [5.74, 6) is 0.972. The Labute approximate surface area is 93.4 Å². The summed E-state index contributed by atoms with van der Waals surface area (Å²) in [5.41, 5.74) is 0. The van der Waals surface area contributed by atoms with Crippen molar-refractivity contribution in [1.82, 2.24) is 10.2 Å². The van der Waals surface area contributed by atoms with Crippen molar-refractivity contribution in [3.05, 3.63) is 0 Å². The van der Waals surface area contributed by atoms with E-state index < -0.39 is 0 Å². The van der Waals surface area contributed by atoms with Gasteiger partial charge >= 0.3 is 0 Å². The third-order valence-corrected chi connectivity index (χ3v) is 5.00. The maximum absolute atomic E-state index is 3.75. The summed E-state index contributed by atoms with van der Waals surface area (Å²) in [4.78, 5) is 2.64. The minimum absolute atomic E-state index is 0.877. The molecule has 0 radical (unpaired) electrons. The van der Waals surface area contributed by atoms with Crippen LogP contribution in [0.3, 0.4) is 0 Å². The number of nitrogens with zero attached hydrogens (tertiary/aromatic N) is 1. The second-order valence-electron chi connectivity index (χ2n) is 5.92. The van der Waals surface area contributed by atoms with Gasteiger partial charge in [-0.15, -0.1) is 0 Å². The standard InChI is InChI=1S/C13H24N2/c1-15-12-5-6-13(15)8-10(7-12)9-14-11-3-2-4-11/h10-14H,2-9H2,1H3. The maximum Gasteiger partial charge on any atom is 0.00988 e. The van der Waals surface area contributed by atoms with Gasteiger partial charge in [0.25, 0.3) is 0 Å². The van der Waals surface area contributed by atoms with Crippen LogP contribution in [0.15, 0.2) is 0 Å². The molecule has 2 bridgehead atoms. The monoisotopic (exact) mass is 208 g/mol. The molecular formula is C13H24N2. The van der Waals surface area contributed by atoms with Gasteiger partial charge < -0.3 is 10.2 Å². The van der Waals surface area contributed by atoms with Crippen molar-refractivity contribution in [3.63, 3.8) is 0 Å². The highest BCUT2D eigenvalue weighted by atomic mass is 15.2. The quantitative estimate of drug-likeness (QED) is 0.763. The van der Waals surface area contributed by atoms with Crippen molar-refractivity contribution in [2.45, 2.75) is 63.1 Å². The van der Waals surface area contributed by atoms with E-state index in [2.05, 4.69) is 17.3 Å². The average molecular weight is 208 g/mol. The number of fused-ring (bicyclic) bond motifs is 2. The zero-order valence-corrected chi connectivity index (χ0v) is 9.91. The van der Waals surface area contributed by atoms with Crippen LogP contribution in [0.1, 0.15) is 44.9 Å². The van der Waals surface area contributed by atoms with Crippen LogP contribution in [-0.2, 0) is 0 Å². The molecule has 2 heterocycles. The van der Waals surface area contributed by atoms with E-state index in [9.17, 15) is 0 Å². The molecule has 3 aliphatic rings. The van der Waals surface area contributed by atoms with Crippen LogP contribution in [-0.4, -0.2) is 36.6 Å². The second kappa shape index (κ2) is 4.06. The van der Waals surface area contributed by atoms with Gasteiger partial charge in [0.05, 0.1) is 0 Å². The number of hydrogen-bond donors (Lipinski definition) is 1. The first-order chi connectivity index (χ1) is 7.33. The van der Waals surface area contributed by atoms with Gasteiger partial charge in [-0.25, -0.2) is 0 Å². The molecule has 0 aromatic carbocycles. The van der Waals surface area contributed by atoms with E-state index >= 15 is 0 Å². The molecule has 2 unspecified atom stereocenters. The van der Waals surface area contributed by atoms with E-state index in [0.717, 1.165) is 24.0 Å². The molecule has 0 amide bonds. The van der Waals surface area contributed by atoms with Crippen molar-refractivity contribution >= 4 is 0 Å². The first-order valence-corrected chi connectivity index (χ1v) is 6.78. The highest BCUT2D eigenvalue weighted by Gasteiger charge is 2.38. The molecule has 1 N–H and O–H groups in total. The van der Waals surface area contributed by atoms with Gasteiger partial charge in [0, 0.05) is 18.1 Å². The van der Waals surface area contributed by atoms with Gasteiger partial charge in [-0.1, -0.05) is 6.42 Å². The van der Waals surface area contributed by atoms with Crippen molar-refractivity contribution in [1.29, 1.82) is 0 Å². The smallest absolute Gasteiger partial charge is 0.00988 e. The zero-order chi connectivity index (χ0) is 10.3. The lowest BCUT2D eigenvalue weighted by Crippen LogP contribution is -2.45. The summed E-state index contributed by atoms with van der Waals surface area (Å²) in [6, 6.07) is 2.70. The summed E-state index contributed by atoms with van der Waals surface area (Å²) >= 11 is 0. The predicted molar refractivity (Wildman–Crippen MR) is 62.9 cm³/mol. The third kappa shape index (κ3) is 1.94. The minimum Gasteiger partial charge on any atom is -0.314 e. The van der Waals surface area contributed by atoms with E-state index in [1.807, 2.05) is 0 Å². The van der Waals surface area contributed by atoms with Crippen LogP contribution < -0.4 is 5.32 Å². The van der Waals surface area contributed by atoms with Gasteiger partial charge in [-0.3, -0.25) is 0 Å². The van der Waals surface area contributed by atoms with E-state index in [1.165, 1.54) is 51.5 Å². The molecule has 3 rings (SSSR count). The van der Waals surface area contributed by atoms with E-state index in [1.54, 1.807) is 0 Å². The molecule has 2 atom stereocenters. The van der Waals surface area contributed by atoms with E-state index in [0.29, 0.717) is 0 Å². The predicted octanol–water partition coefficient (Wildman–Crippen LogP) is 2.00. The lowest BCUT2D eigenvalue weighted by atomic mass is 9.88. The molecule has 2 nitrogen and oxygen atoms in total. The molecule has 3 fully saturated rings. The number of rotatable bonds is 3. The Balaban J connectivity index is 1.47. The molecule has 0 aromatic heterocycles. The number of piperidine rings is 1. The van der Waals surface area contributed by atoms with Crippen molar-refractivity contribution in [3.8, 4) is 0 Å². The SMILES string of the molecule is CN1C2CCC1CC(CNC1CCC1)C2.